The largest absolute Gasteiger partial charge is 0.504 e. The fourth-order valence-corrected chi connectivity index (χ4v) is 7.71. The van der Waals surface area contributed by atoms with E-state index in [1.54, 1.807) is 30.3 Å². The van der Waals surface area contributed by atoms with Gasteiger partial charge in [0.25, 0.3) is 5.91 Å². The predicted octanol–water partition coefficient (Wildman–Crippen LogP) is 5.51. The van der Waals surface area contributed by atoms with Gasteiger partial charge in [-0.1, -0.05) is 6.07 Å². The first-order chi connectivity index (χ1) is 26.7. The molecule has 4 aromatic carbocycles. The van der Waals surface area contributed by atoms with Gasteiger partial charge in [0.2, 0.25) is 18.3 Å². The monoisotopic (exact) mass is 755 g/mol. The maximum Gasteiger partial charge on any atom is 0.310 e. The number of hydrogen-bond acceptors (Lipinski definition) is 13. The average molecular weight is 756 g/mol. The minimum Gasteiger partial charge on any atom is -0.504 e. The van der Waals surface area contributed by atoms with E-state index in [9.17, 15) is 14.7 Å². The molecule has 288 valence electrons. The van der Waals surface area contributed by atoms with Gasteiger partial charge in [0, 0.05) is 17.4 Å². The minimum atomic E-state index is -0.730. The van der Waals surface area contributed by atoms with Gasteiger partial charge in [-0.05, 0) is 82.4 Å². The van der Waals surface area contributed by atoms with Crippen LogP contribution in [0, 0.1) is 11.8 Å². The van der Waals surface area contributed by atoms with Crippen LogP contribution >= 0.6 is 0 Å². The lowest BCUT2D eigenvalue weighted by Crippen LogP contribution is -2.43. The van der Waals surface area contributed by atoms with Gasteiger partial charge in [0.15, 0.2) is 46.0 Å². The highest BCUT2D eigenvalue weighted by Gasteiger charge is 2.53. The number of aromatic hydroxyl groups is 1. The van der Waals surface area contributed by atoms with Crippen molar-refractivity contribution in [2.24, 2.45) is 11.8 Å². The van der Waals surface area contributed by atoms with Crippen molar-refractivity contribution >= 4 is 23.5 Å². The second-order valence-electron chi connectivity index (χ2n) is 12.9. The molecule has 0 saturated carbocycles. The summed E-state index contributed by atoms with van der Waals surface area (Å²) >= 11 is 0. The topological polar surface area (TPSA) is 159 Å². The Labute approximate surface area is 317 Å². The molecule has 4 aromatic rings. The number of benzene rings is 4. The van der Waals surface area contributed by atoms with Crippen LogP contribution in [0.1, 0.15) is 39.8 Å². The van der Waals surface area contributed by atoms with Crippen LogP contribution in [-0.2, 0) is 14.3 Å². The number of nitrogens with one attached hydrogen (secondary N) is 1. The van der Waals surface area contributed by atoms with Crippen LogP contribution in [0.4, 0.5) is 0 Å². The maximum atomic E-state index is 14.9. The van der Waals surface area contributed by atoms with Crippen molar-refractivity contribution in [1.29, 1.82) is 0 Å². The van der Waals surface area contributed by atoms with Crippen molar-refractivity contribution in [3.8, 4) is 57.5 Å². The molecule has 0 spiro atoms. The van der Waals surface area contributed by atoms with Crippen LogP contribution in [0.15, 0.2) is 54.6 Å². The summed E-state index contributed by atoms with van der Waals surface area (Å²) in [5.41, 5.74) is 3.36. The number of ether oxygens (including phenoxy) is 10. The molecule has 7 rings (SSSR count). The summed E-state index contributed by atoms with van der Waals surface area (Å²) in [6, 6.07) is 14.7. The van der Waals surface area contributed by atoms with Crippen molar-refractivity contribution in [3.05, 3.63) is 82.4 Å². The molecule has 1 fully saturated rings. The first-order valence-corrected chi connectivity index (χ1v) is 17.3. The van der Waals surface area contributed by atoms with Gasteiger partial charge in [-0.2, -0.15) is 0 Å². The van der Waals surface area contributed by atoms with Gasteiger partial charge >= 0.3 is 5.97 Å². The molecule has 0 bridgehead atoms. The maximum absolute atomic E-state index is 14.9. The number of methoxy groups -OCH3 is 7. The molecular weight excluding hydrogens is 714 g/mol. The van der Waals surface area contributed by atoms with E-state index in [2.05, 4.69) is 5.32 Å². The third-order valence-corrected chi connectivity index (χ3v) is 10.3. The van der Waals surface area contributed by atoms with E-state index < -0.39 is 35.7 Å². The van der Waals surface area contributed by atoms with E-state index in [0.29, 0.717) is 68.2 Å². The molecule has 0 aromatic heterocycles. The molecule has 2 heterocycles. The molecule has 55 heavy (non-hydrogen) atoms. The summed E-state index contributed by atoms with van der Waals surface area (Å²) in [6.45, 7) is 0.0603. The van der Waals surface area contributed by atoms with Gasteiger partial charge in [-0.3, -0.25) is 9.59 Å². The smallest absolute Gasteiger partial charge is 0.310 e. The van der Waals surface area contributed by atoms with Crippen LogP contribution in [0.5, 0.6) is 57.5 Å². The van der Waals surface area contributed by atoms with E-state index in [0.717, 1.165) is 5.56 Å². The second-order valence-corrected chi connectivity index (χ2v) is 12.9. The van der Waals surface area contributed by atoms with Crippen molar-refractivity contribution < 1.29 is 62.1 Å². The van der Waals surface area contributed by atoms with Crippen LogP contribution < -0.4 is 47.9 Å². The van der Waals surface area contributed by atoms with Crippen molar-refractivity contribution in [2.45, 2.75) is 12.0 Å². The Morgan fingerprint density at radius 1 is 0.709 bits per heavy atom. The third-order valence-electron chi connectivity index (χ3n) is 10.3. The summed E-state index contributed by atoms with van der Waals surface area (Å²) in [5.74, 6) is 0.729. The summed E-state index contributed by atoms with van der Waals surface area (Å²) in [4.78, 5) is 28.7. The highest BCUT2D eigenvalue weighted by atomic mass is 16.7. The first kappa shape index (κ1) is 36.9. The minimum absolute atomic E-state index is 0.0170. The molecular formula is C41H41NO13. The standard InChI is InChI=1S/C41H41NO13/c1-46-28-11-20(8-9-27(28)43)10-23(21-12-31(47-2)38(51-6)32(13-21)48-3)40(44)42-37-25-17-30-29(54-19-55-30)16-24(25)35(36-26(37)18-53-41(36)45)22-14-33(49-4)39(52-7)34(15-22)50-5/h8-17,26,35-37,43H,18-19H2,1-7H3,(H,42,44)/b23-10+/t26-,35+,36-,37+/m0/s1. The molecule has 14 heteroatoms. The lowest BCUT2D eigenvalue weighted by Gasteiger charge is -2.39. The second kappa shape index (κ2) is 15.1. The Hall–Kier alpha value is -6.44. The third kappa shape index (κ3) is 6.47. The highest BCUT2D eigenvalue weighted by molar-refractivity contribution is 6.24. The van der Waals surface area contributed by atoms with Gasteiger partial charge in [-0.25, -0.2) is 0 Å². The molecule has 2 aliphatic heterocycles. The van der Waals surface area contributed by atoms with Crippen LogP contribution in [0.25, 0.3) is 11.6 Å². The van der Waals surface area contributed by atoms with E-state index in [-0.39, 0.29) is 30.5 Å². The number of hydrogen-bond donors (Lipinski definition) is 2. The molecule has 0 radical (unpaired) electrons. The molecule has 14 nitrogen and oxygen atoms in total. The number of carbonyl (C=O) groups excluding carboxylic acids is 2. The highest BCUT2D eigenvalue weighted by Crippen LogP contribution is 2.56. The number of rotatable bonds is 12. The summed E-state index contributed by atoms with van der Waals surface area (Å²) < 4.78 is 56.6. The van der Waals surface area contributed by atoms with Crippen molar-refractivity contribution in [2.75, 3.05) is 63.2 Å². The molecule has 0 unspecified atom stereocenters. The van der Waals surface area contributed by atoms with Gasteiger partial charge in [0.1, 0.15) is 0 Å². The van der Waals surface area contributed by atoms with E-state index in [4.69, 9.17) is 47.4 Å². The predicted molar refractivity (Wildman–Crippen MR) is 198 cm³/mol. The lowest BCUT2D eigenvalue weighted by atomic mass is 9.65. The molecule has 1 aliphatic carbocycles. The number of fused-ring (bicyclic) bond motifs is 3. The SMILES string of the molecule is COc1cc(/C=C(/C(=O)N[C@@H]2c3cc4c(cc3[C@@H](c3cc(OC)c(OC)c(OC)c3)[C@H]3C(=O)OC[C@@H]32)OCO4)c2cc(OC)c(OC)c(OC)c2)ccc1O. The molecule has 1 saturated heterocycles. The first-order valence-electron chi connectivity index (χ1n) is 17.3. The zero-order valence-corrected chi connectivity index (χ0v) is 31.3. The number of esters is 1. The summed E-state index contributed by atoms with van der Waals surface area (Å²) in [6.07, 6.45) is 1.66. The van der Waals surface area contributed by atoms with Gasteiger partial charge in [-0.15, -0.1) is 0 Å². The van der Waals surface area contributed by atoms with E-state index in [1.165, 1.54) is 55.8 Å². The van der Waals surface area contributed by atoms with Gasteiger partial charge < -0.3 is 57.8 Å². The van der Waals surface area contributed by atoms with Crippen LogP contribution in [0.3, 0.4) is 0 Å². The number of phenols is 1. The molecule has 1 amide bonds. The normalized spacial score (nSPS) is 19.4. The zero-order chi connectivity index (χ0) is 39.0. The average Bonchev–Trinajstić information content (AvgIpc) is 3.84. The summed E-state index contributed by atoms with van der Waals surface area (Å²) in [5, 5.41) is 13.6. The molecule has 4 atom stereocenters. The lowest BCUT2D eigenvalue weighted by molar-refractivity contribution is -0.141. The summed E-state index contributed by atoms with van der Waals surface area (Å²) in [7, 11) is 10.5. The Kier molecular flexibility index (Phi) is 10.1. The number of amides is 1. The van der Waals surface area contributed by atoms with Crippen LogP contribution in [0.2, 0.25) is 0 Å². The van der Waals surface area contributed by atoms with Gasteiger partial charge in [0.05, 0.1) is 68.3 Å². The van der Waals surface area contributed by atoms with E-state index in [1.807, 2.05) is 24.3 Å². The Bertz CT molecular complexity index is 2130. The zero-order valence-electron chi connectivity index (χ0n) is 31.3. The number of phenolic OH excluding ortho intramolecular Hbond substituents is 1. The molecule has 2 N–H and O–H groups in total. The fraction of sp³-hybridized carbons (Fsp3) is 0.317. The number of cyclic esters (lactones) is 1. The van der Waals surface area contributed by atoms with Crippen molar-refractivity contribution in [1.82, 2.24) is 5.32 Å². The van der Waals surface area contributed by atoms with Crippen molar-refractivity contribution in [3.63, 3.8) is 0 Å². The van der Waals surface area contributed by atoms with E-state index >= 15 is 0 Å². The number of carbonyl (C=O) groups is 2. The molecule has 3 aliphatic rings. The fourth-order valence-electron chi connectivity index (χ4n) is 7.71. The Morgan fingerprint density at radius 3 is 1.84 bits per heavy atom. The Morgan fingerprint density at radius 2 is 1.27 bits per heavy atom. The quantitative estimate of drug-likeness (QED) is 0.106. The Balaban J connectivity index is 1.39. The van der Waals surface area contributed by atoms with Crippen LogP contribution in [-0.4, -0.2) is 80.2 Å².